The minimum absolute atomic E-state index is 0.0528. The Bertz CT molecular complexity index is 1170. The maximum atomic E-state index is 5.48. The van der Waals surface area contributed by atoms with Gasteiger partial charge in [0, 0.05) is 5.41 Å². The molecule has 4 aromatic rings. The van der Waals surface area contributed by atoms with Gasteiger partial charge in [-0.15, -0.1) is 0 Å². The molecule has 0 saturated heterocycles. The number of hydrogen-bond donors (Lipinski definition) is 0. The fourth-order valence-electron chi connectivity index (χ4n) is 5.38. The van der Waals surface area contributed by atoms with E-state index >= 15 is 0 Å². The molecule has 0 unspecified atom stereocenters. The summed E-state index contributed by atoms with van der Waals surface area (Å²) in [4.78, 5) is 0. The van der Waals surface area contributed by atoms with Crippen LogP contribution in [0.25, 0.3) is 35.4 Å². The van der Waals surface area contributed by atoms with E-state index < -0.39 is 0 Å². The van der Waals surface area contributed by atoms with E-state index in [2.05, 4.69) is 62.4 Å². The van der Waals surface area contributed by atoms with Crippen LogP contribution in [-0.2, 0) is 5.41 Å². The van der Waals surface area contributed by atoms with Gasteiger partial charge in [-0.25, -0.2) is 0 Å². The fraction of sp³-hybridized carbons (Fsp3) is 0.226. The zero-order chi connectivity index (χ0) is 22.7. The van der Waals surface area contributed by atoms with E-state index in [9.17, 15) is 0 Å². The highest BCUT2D eigenvalue weighted by molar-refractivity contribution is 5.84. The molecule has 166 valence electrons. The molecule has 2 heterocycles. The minimum Gasteiger partial charge on any atom is -0.465 e. The lowest BCUT2D eigenvalue weighted by Gasteiger charge is -2.32. The predicted molar refractivity (Wildman–Crippen MR) is 138 cm³/mol. The summed E-state index contributed by atoms with van der Waals surface area (Å²) in [5.74, 6) is 1.75. The van der Waals surface area contributed by atoms with Crippen molar-refractivity contribution in [2.24, 2.45) is 0 Å². The third kappa shape index (κ3) is 4.02. The summed E-state index contributed by atoms with van der Waals surface area (Å²) >= 11 is 0. The lowest BCUT2D eigenvalue weighted by atomic mass is 9.71. The van der Waals surface area contributed by atoms with Crippen molar-refractivity contribution >= 4 is 24.3 Å². The van der Waals surface area contributed by atoms with Crippen LogP contribution in [0.1, 0.15) is 73.3 Å². The first-order chi connectivity index (χ1) is 16.2. The van der Waals surface area contributed by atoms with Crippen molar-refractivity contribution in [1.29, 1.82) is 0 Å². The molecule has 1 aliphatic carbocycles. The summed E-state index contributed by atoms with van der Waals surface area (Å²) < 4.78 is 11.0. The molecule has 0 amide bonds. The van der Waals surface area contributed by atoms with Gasteiger partial charge < -0.3 is 8.83 Å². The van der Waals surface area contributed by atoms with Crippen molar-refractivity contribution < 1.29 is 8.83 Å². The Kier molecular flexibility index (Phi) is 5.92. The van der Waals surface area contributed by atoms with Gasteiger partial charge in [0.15, 0.2) is 0 Å². The molecule has 0 radical (unpaired) electrons. The van der Waals surface area contributed by atoms with Crippen LogP contribution in [0.2, 0.25) is 0 Å². The Labute approximate surface area is 196 Å². The smallest absolute Gasteiger partial charge is 0.126 e. The summed E-state index contributed by atoms with van der Waals surface area (Å²) in [6.45, 7) is 4.60. The maximum Gasteiger partial charge on any atom is 0.126 e. The standard InChI is InChI=1S/C31H30O2/c1-3-17-31(18-4-2)29-21-23(9-13-25-7-5-19-32-25)11-15-27(29)28-16-12-24(22-30(28)31)10-14-26-8-6-20-33-26/h5-16,19-22H,3-4,17-18H2,1-2H3/b13-9+,14-10+. The molecule has 2 heteroatoms. The van der Waals surface area contributed by atoms with E-state index in [0.29, 0.717) is 0 Å². The molecule has 0 fully saturated rings. The first-order valence-electron chi connectivity index (χ1n) is 12.0. The highest BCUT2D eigenvalue weighted by Crippen LogP contribution is 2.54. The normalized spacial score (nSPS) is 14.2. The molecule has 0 N–H and O–H groups in total. The molecule has 1 aliphatic rings. The zero-order valence-electron chi connectivity index (χ0n) is 19.4. The highest BCUT2D eigenvalue weighted by atomic mass is 16.3. The van der Waals surface area contributed by atoms with Crippen LogP contribution in [0.3, 0.4) is 0 Å². The molecule has 2 nitrogen and oxygen atoms in total. The fourth-order valence-corrected chi connectivity index (χ4v) is 5.38. The van der Waals surface area contributed by atoms with Gasteiger partial charge in [0.2, 0.25) is 0 Å². The topological polar surface area (TPSA) is 26.3 Å². The summed E-state index contributed by atoms with van der Waals surface area (Å²) in [7, 11) is 0. The molecular weight excluding hydrogens is 404 g/mol. The molecule has 5 rings (SSSR count). The van der Waals surface area contributed by atoms with Crippen molar-refractivity contribution in [2.75, 3.05) is 0 Å². The van der Waals surface area contributed by atoms with Crippen molar-refractivity contribution in [3.8, 4) is 11.1 Å². The number of rotatable bonds is 8. The SMILES string of the molecule is CCCC1(CCC)c2cc(/C=C/c3ccco3)ccc2-c2ccc(/C=C/c3ccco3)cc21. The quantitative estimate of drug-likeness (QED) is 0.276. The van der Waals surface area contributed by atoms with Gasteiger partial charge in [0.1, 0.15) is 11.5 Å². The van der Waals surface area contributed by atoms with Gasteiger partial charge in [-0.1, -0.05) is 75.2 Å². The van der Waals surface area contributed by atoms with E-state index in [0.717, 1.165) is 37.2 Å². The van der Waals surface area contributed by atoms with Gasteiger partial charge in [0.05, 0.1) is 12.5 Å². The van der Waals surface area contributed by atoms with Crippen molar-refractivity contribution in [3.63, 3.8) is 0 Å². The van der Waals surface area contributed by atoms with Gasteiger partial charge in [0.25, 0.3) is 0 Å². The van der Waals surface area contributed by atoms with E-state index in [1.807, 2.05) is 36.4 Å². The average Bonchev–Trinajstić information content (AvgIpc) is 3.59. The lowest BCUT2D eigenvalue weighted by Crippen LogP contribution is -2.25. The molecule has 0 saturated carbocycles. The molecule has 33 heavy (non-hydrogen) atoms. The molecule has 2 aromatic carbocycles. The summed E-state index contributed by atoms with van der Waals surface area (Å²) in [6.07, 6.45) is 16.4. The lowest BCUT2D eigenvalue weighted by molar-refractivity contribution is 0.435. The Morgan fingerprint density at radius 1 is 0.636 bits per heavy atom. The molecule has 0 atom stereocenters. The molecular formula is C31H30O2. The first-order valence-corrected chi connectivity index (χ1v) is 12.0. The Hall–Kier alpha value is -3.52. The third-order valence-corrected chi connectivity index (χ3v) is 6.73. The predicted octanol–water partition coefficient (Wildman–Crippen LogP) is 9.08. The molecule has 0 bridgehead atoms. The largest absolute Gasteiger partial charge is 0.465 e. The Morgan fingerprint density at radius 2 is 1.12 bits per heavy atom. The van der Waals surface area contributed by atoms with Crippen LogP contribution in [0.15, 0.2) is 82.0 Å². The van der Waals surface area contributed by atoms with E-state index in [4.69, 9.17) is 8.83 Å². The van der Waals surface area contributed by atoms with Crippen molar-refractivity contribution in [3.05, 3.63) is 107 Å². The monoisotopic (exact) mass is 434 g/mol. The maximum absolute atomic E-state index is 5.48. The molecule has 2 aromatic heterocycles. The van der Waals surface area contributed by atoms with Crippen LogP contribution in [0.5, 0.6) is 0 Å². The first kappa shape index (κ1) is 21.3. The number of furan rings is 2. The summed E-state index contributed by atoms with van der Waals surface area (Å²) in [5.41, 5.74) is 8.18. The van der Waals surface area contributed by atoms with E-state index in [1.165, 1.54) is 33.4 Å². The number of benzene rings is 2. The van der Waals surface area contributed by atoms with Crippen molar-refractivity contribution in [1.82, 2.24) is 0 Å². The van der Waals surface area contributed by atoms with Crippen LogP contribution >= 0.6 is 0 Å². The number of fused-ring (bicyclic) bond motifs is 3. The molecule has 0 spiro atoms. The summed E-state index contributed by atoms with van der Waals surface area (Å²) in [6, 6.07) is 21.7. The van der Waals surface area contributed by atoms with Crippen LogP contribution < -0.4 is 0 Å². The third-order valence-electron chi connectivity index (χ3n) is 6.73. The highest BCUT2D eigenvalue weighted by Gasteiger charge is 2.41. The van der Waals surface area contributed by atoms with Crippen LogP contribution in [-0.4, -0.2) is 0 Å². The Morgan fingerprint density at radius 3 is 1.52 bits per heavy atom. The average molecular weight is 435 g/mol. The second kappa shape index (κ2) is 9.15. The zero-order valence-corrected chi connectivity index (χ0v) is 19.4. The van der Waals surface area contributed by atoms with Crippen molar-refractivity contribution in [2.45, 2.75) is 44.9 Å². The van der Waals surface area contributed by atoms with Crippen LogP contribution in [0, 0.1) is 0 Å². The second-order valence-corrected chi connectivity index (χ2v) is 8.89. The van der Waals surface area contributed by atoms with Gasteiger partial charge in [-0.05, 0) is 82.6 Å². The minimum atomic E-state index is 0.0528. The van der Waals surface area contributed by atoms with Gasteiger partial charge >= 0.3 is 0 Å². The Balaban J connectivity index is 1.58. The molecule has 0 aliphatic heterocycles. The van der Waals surface area contributed by atoms with Crippen LogP contribution in [0.4, 0.5) is 0 Å². The second-order valence-electron chi connectivity index (χ2n) is 8.89. The van der Waals surface area contributed by atoms with Gasteiger partial charge in [-0.3, -0.25) is 0 Å². The van der Waals surface area contributed by atoms with Gasteiger partial charge in [-0.2, -0.15) is 0 Å². The summed E-state index contributed by atoms with van der Waals surface area (Å²) in [5, 5.41) is 0. The van der Waals surface area contributed by atoms with E-state index in [1.54, 1.807) is 12.5 Å². The number of hydrogen-bond acceptors (Lipinski definition) is 2. The van der Waals surface area contributed by atoms with E-state index in [-0.39, 0.29) is 5.41 Å².